The zero-order valence-electron chi connectivity index (χ0n) is 10.3. The Labute approximate surface area is 101 Å². The Bertz CT molecular complexity index is 509. The van der Waals surface area contributed by atoms with Crippen molar-refractivity contribution < 1.29 is 9.47 Å². The van der Waals surface area contributed by atoms with Gasteiger partial charge in [0, 0.05) is 11.0 Å². The minimum atomic E-state index is -0.142. The molecule has 0 radical (unpaired) electrons. The molecule has 0 atom stereocenters. The van der Waals surface area contributed by atoms with Gasteiger partial charge >= 0.3 is 0 Å². The van der Waals surface area contributed by atoms with Crippen LogP contribution in [0.1, 0.15) is 19.4 Å². The highest BCUT2D eigenvalue weighted by molar-refractivity contribution is 5.81. The summed E-state index contributed by atoms with van der Waals surface area (Å²) in [4.78, 5) is 0. The number of allylic oxidation sites excluding steroid dienone is 1. The number of nitriles is 1. The number of benzene rings is 1. The first-order valence-electron chi connectivity index (χ1n) is 5.50. The lowest BCUT2D eigenvalue weighted by atomic mass is 9.91. The van der Waals surface area contributed by atoms with Crippen molar-refractivity contribution in [3.8, 4) is 17.6 Å². The molecular formula is C14H15NO2. The molecule has 1 aromatic carbocycles. The predicted molar refractivity (Wildman–Crippen MR) is 65.9 cm³/mol. The van der Waals surface area contributed by atoms with Gasteiger partial charge in [0.2, 0.25) is 0 Å². The summed E-state index contributed by atoms with van der Waals surface area (Å²) in [5.74, 6) is 1.47. The number of ether oxygens (including phenoxy) is 2. The van der Waals surface area contributed by atoms with Crippen molar-refractivity contribution in [1.29, 1.82) is 5.26 Å². The molecule has 0 spiro atoms. The van der Waals surface area contributed by atoms with Gasteiger partial charge in [-0.25, -0.2) is 0 Å². The highest BCUT2D eigenvalue weighted by Crippen LogP contribution is 2.36. The summed E-state index contributed by atoms with van der Waals surface area (Å²) in [7, 11) is 1.61. The summed E-state index contributed by atoms with van der Waals surface area (Å²) < 4.78 is 10.9. The van der Waals surface area contributed by atoms with Gasteiger partial charge in [-0.05, 0) is 18.2 Å². The number of rotatable bonds is 1. The fourth-order valence-corrected chi connectivity index (χ4v) is 1.84. The Balaban J connectivity index is 2.57. The van der Waals surface area contributed by atoms with E-state index in [0.29, 0.717) is 12.2 Å². The third kappa shape index (κ3) is 2.26. The lowest BCUT2D eigenvalue weighted by molar-refractivity contribution is 0.224. The molecule has 3 nitrogen and oxygen atoms in total. The van der Waals surface area contributed by atoms with E-state index in [1.165, 1.54) is 0 Å². The summed E-state index contributed by atoms with van der Waals surface area (Å²) in [5, 5.41) is 9.24. The van der Waals surface area contributed by atoms with Gasteiger partial charge in [0.1, 0.15) is 11.5 Å². The maximum Gasteiger partial charge on any atom is 0.128 e. The second-order valence-electron chi connectivity index (χ2n) is 4.81. The first-order valence-corrected chi connectivity index (χ1v) is 5.50. The van der Waals surface area contributed by atoms with Gasteiger partial charge in [-0.15, -0.1) is 0 Å². The van der Waals surface area contributed by atoms with E-state index in [0.717, 1.165) is 17.1 Å². The zero-order valence-corrected chi connectivity index (χ0v) is 10.3. The lowest BCUT2D eigenvalue weighted by Gasteiger charge is -2.18. The van der Waals surface area contributed by atoms with E-state index in [1.54, 1.807) is 7.11 Å². The molecular weight excluding hydrogens is 214 g/mol. The summed E-state index contributed by atoms with van der Waals surface area (Å²) in [6, 6.07) is 7.76. The van der Waals surface area contributed by atoms with Crippen molar-refractivity contribution in [2.45, 2.75) is 13.8 Å². The van der Waals surface area contributed by atoms with Gasteiger partial charge < -0.3 is 9.47 Å². The Kier molecular flexibility index (Phi) is 2.81. The molecule has 0 N–H and O–H groups in total. The molecule has 0 saturated carbocycles. The third-order valence-corrected chi connectivity index (χ3v) is 2.73. The Morgan fingerprint density at radius 3 is 2.82 bits per heavy atom. The van der Waals surface area contributed by atoms with Crippen LogP contribution in [0, 0.1) is 16.7 Å². The van der Waals surface area contributed by atoms with Crippen molar-refractivity contribution in [3.63, 3.8) is 0 Å². The van der Waals surface area contributed by atoms with Crippen LogP contribution in [0.15, 0.2) is 24.3 Å². The predicted octanol–water partition coefficient (Wildman–Crippen LogP) is 3.02. The molecule has 1 aromatic rings. The molecule has 1 aliphatic heterocycles. The van der Waals surface area contributed by atoms with E-state index in [2.05, 4.69) is 6.07 Å². The van der Waals surface area contributed by atoms with Crippen LogP contribution in [0.3, 0.4) is 0 Å². The molecule has 17 heavy (non-hydrogen) atoms. The van der Waals surface area contributed by atoms with Crippen LogP contribution in [0.5, 0.6) is 11.5 Å². The fourth-order valence-electron chi connectivity index (χ4n) is 1.84. The number of hydrogen-bond acceptors (Lipinski definition) is 3. The van der Waals surface area contributed by atoms with E-state index in [-0.39, 0.29) is 5.41 Å². The SMILES string of the molecule is COc1ccc2c(c1)C(C#N)=CC(C)(C)CO2. The lowest BCUT2D eigenvalue weighted by Crippen LogP contribution is -2.17. The molecule has 0 unspecified atom stereocenters. The molecule has 2 rings (SSSR count). The van der Waals surface area contributed by atoms with E-state index >= 15 is 0 Å². The third-order valence-electron chi connectivity index (χ3n) is 2.73. The quantitative estimate of drug-likeness (QED) is 0.743. The molecule has 0 aliphatic carbocycles. The molecule has 0 saturated heterocycles. The molecule has 0 aromatic heterocycles. The maximum absolute atomic E-state index is 9.24. The Hall–Kier alpha value is -1.95. The van der Waals surface area contributed by atoms with Crippen molar-refractivity contribution in [1.82, 2.24) is 0 Å². The minimum Gasteiger partial charge on any atom is -0.497 e. The topological polar surface area (TPSA) is 42.2 Å². The average Bonchev–Trinajstić information content (AvgIpc) is 2.45. The van der Waals surface area contributed by atoms with Crippen molar-refractivity contribution in [2.24, 2.45) is 5.41 Å². The first kappa shape index (κ1) is 11.5. The molecule has 3 heteroatoms. The summed E-state index contributed by atoms with van der Waals surface area (Å²) in [6.07, 6.45) is 1.96. The van der Waals surface area contributed by atoms with Gasteiger partial charge in [0.15, 0.2) is 0 Å². The van der Waals surface area contributed by atoms with Crippen LogP contribution < -0.4 is 9.47 Å². The molecule has 0 bridgehead atoms. The second kappa shape index (κ2) is 4.14. The standard InChI is InChI=1S/C14H15NO2/c1-14(2)7-10(8-15)12-6-11(16-3)4-5-13(12)17-9-14/h4-7H,9H2,1-3H3. The summed E-state index contributed by atoms with van der Waals surface area (Å²) in [6.45, 7) is 4.67. The van der Waals surface area contributed by atoms with Crippen LogP contribution in [0.2, 0.25) is 0 Å². The van der Waals surface area contributed by atoms with Crippen LogP contribution >= 0.6 is 0 Å². The molecule has 1 aliphatic rings. The smallest absolute Gasteiger partial charge is 0.128 e. The molecule has 0 fully saturated rings. The van der Waals surface area contributed by atoms with E-state index < -0.39 is 0 Å². The number of hydrogen-bond donors (Lipinski definition) is 0. The number of methoxy groups -OCH3 is 1. The van der Waals surface area contributed by atoms with E-state index in [1.807, 2.05) is 38.1 Å². The van der Waals surface area contributed by atoms with Gasteiger partial charge in [0.25, 0.3) is 0 Å². The first-order chi connectivity index (χ1) is 8.05. The van der Waals surface area contributed by atoms with Crippen molar-refractivity contribution >= 4 is 5.57 Å². The zero-order chi connectivity index (χ0) is 12.5. The number of nitrogens with zero attached hydrogens (tertiary/aromatic N) is 1. The largest absolute Gasteiger partial charge is 0.497 e. The van der Waals surface area contributed by atoms with Crippen LogP contribution in [0.25, 0.3) is 5.57 Å². The molecule has 1 heterocycles. The van der Waals surface area contributed by atoms with Gasteiger partial charge in [-0.1, -0.05) is 19.9 Å². The van der Waals surface area contributed by atoms with E-state index in [4.69, 9.17) is 9.47 Å². The normalized spacial score (nSPS) is 16.9. The Morgan fingerprint density at radius 2 is 2.18 bits per heavy atom. The highest BCUT2D eigenvalue weighted by atomic mass is 16.5. The molecule has 0 amide bonds. The van der Waals surface area contributed by atoms with Crippen molar-refractivity contribution in [2.75, 3.05) is 13.7 Å². The van der Waals surface area contributed by atoms with Crippen LogP contribution in [-0.2, 0) is 0 Å². The second-order valence-corrected chi connectivity index (χ2v) is 4.81. The monoisotopic (exact) mass is 229 g/mol. The highest BCUT2D eigenvalue weighted by Gasteiger charge is 2.24. The minimum absolute atomic E-state index is 0.142. The Morgan fingerprint density at radius 1 is 1.41 bits per heavy atom. The van der Waals surface area contributed by atoms with Gasteiger partial charge in [-0.2, -0.15) is 5.26 Å². The van der Waals surface area contributed by atoms with E-state index in [9.17, 15) is 5.26 Å². The fraction of sp³-hybridized carbons (Fsp3) is 0.357. The summed E-state index contributed by atoms with van der Waals surface area (Å²) >= 11 is 0. The number of fused-ring (bicyclic) bond motifs is 1. The van der Waals surface area contributed by atoms with Gasteiger partial charge in [0.05, 0.1) is 25.4 Å². The van der Waals surface area contributed by atoms with Crippen LogP contribution in [0.4, 0.5) is 0 Å². The summed E-state index contributed by atoms with van der Waals surface area (Å²) in [5.41, 5.74) is 1.30. The maximum atomic E-state index is 9.24. The average molecular weight is 229 g/mol. The van der Waals surface area contributed by atoms with Crippen molar-refractivity contribution in [3.05, 3.63) is 29.8 Å². The van der Waals surface area contributed by atoms with Crippen LogP contribution in [-0.4, -0.2) is 13.7 Å². The van der Waals surface area contributed by atoms with Gasteiger partial charge in [-0.3, -0.25) is 0 Å². The molecule has 88 valence electrons.